The number of halogens is 1. The van der Waals surface area contributed by atoms with Gasteiger partial charge in [0.15, 0.2) is 0 Å². The van der Waals surface area contributed by atoms with Gasteiger partial charge in [-0.05, 0) is 83.5 Å². The Hall–Kier alpha value is -3.00. The van der Waals surface area contributed by atoms with Crippen LogP contribution >= 0.6 is 0 Å². The number of aromatic nitrogens is 1. The summed E-state index contributed by atoms with van der Waals surface area (Å²) in [6.07, 6.45) is 4.61. The molecule has 1 atom stereocenters. The van der Waals surface area contributed by atoms with Crippen LogP contribution in [0, 0.1) is 5.82 Å². The highest BCUT2D eigenvalue weighted by atomic mass is 19.1. The number of carbonyl (C=O) groups excluding carboxylic acids is 2. The van der Waals surface area contributed by atoms with Gasteiger partial charge < -0.3 is 14.5 Å². The molecule has 1 aliphatic heterocycles. The fourth-order valence-electron chi connectivity index (χ4n) is 4.05. The first-order valence-electron chi connectivity index (χ1n) is 11.8. The molecule has 0 bridgehead atoms. The van der Waals surface area contributed by atoms with E-state index in [0.29, 0.717) is 24.3 Å². The minimum absolute atomic E-state index is 0.0754. The van der Waals surface area contributed by atoms with Crippen LogP contribution in [-0.2, 0) is 4.74 Å². The Morgan fingerprint density at radius 2 is 1.88 bits per heavy atom. The summed E-state index contributed by atoms with van der Waals surface area (Å²) >= 11 is 0. The van der Waals surface area contributed by atoms with Gasteiger partial charge in [0.1, 0.15) is 11.4 Å². The second-order valence-electron chi connectivity index (χ2n) is 9.71. The Morgan fingerprint density at radius 1 is 1.15 bits per heavy atom. The lowest BCUT2D eigenvalue weighted by Gasteiger charge is -2.40. The van der Waals surface area contributed by atoms with Gasteiger partial charge in [0, 0.05) is 50.3 Å². The van der Waals surface area contributed by atoms with Crippen molar-refractivity contribution in [2.45, 2.75) is 52.2 Å². The van der Waals surface area contributed by atoms with Crippen molar-refractivity contribution in [3.05, 3.63) is 60.2 Å². The quantitative estimate of drug-likeness (QED) is 0.554. The molecule has 2 aromatic rings. The molecule has 0 saturated carbocycles. The summed E-state index contributed by atoms with van der Waals surface area (Å²) in [5.74, 6) is -0.489. The van der Waals surface area contributed by atoms with Gasteiger partial charge in [-0.25, -0.2) is 9.18 Å². The number of carbonyl (C=O) groups is 2. The Labute approximate surface area is 201 Å². The average molecular weight is 471 g/mol. The number of nitrogens with zero attached hydrogens (tertiary/aromatic N) is 4. The molecule has 1 unspecified atom stereocenters. The van der Waals surface area contributed by atoms with E-state index in [1.807, 2.05) is 27.7 Å². The number of benzene rings is 1. The SMILES string of the molecule is CC1CN(CCCCN(C(=O)c2cccnc2)c2ccc(F)cc2)CCN1C(=O)OC(C)(C)C. The van der Waals surface area contributed by atoms with Crippen molar-refractivity contribution in [3.63, 3.8) is 0 Å². The molecule has 1 saturated heterocycles. The molecule has 8 heteroatoms. The zero-order valence-corrected chi connectivity index (χ0v) is 20.5. The Bertz CT molecular complexity index is 947. The van der Waals surface area contributed by atoms with Crippen molar-refractivity contribution in [1.82, 2.24) is 14.8 Å². The topological polar surface area (TPSA) is 66.0 Å². The van der Waals surface area contributed by atoms with E-state index >= 15 is 0 Å². The summed E-state index contributed by atoms with van der Waals surface area (Å²) in [5.41, 5.74) is 0.658. The number of amides is 2. The lowest BCUT2D eigenvalue weighted by atomic mass is 10.1. The van der Waals surface area contributed by atoms with Gasteiger partial charge in [-0.3, -0.25) is 14.7 Å². The van der Waals surface area contributed by atoms with E-state index in [2.05, 4.69) is 9.88 Å². The van der Waals surface area contributed by atoms with Gasteiger partial charge >= 0.3 is 6.09 Å². The average Bonchev–Trinajstić information content (AvgIpc) is 2.79. The van der Waals surface area contributed by atoms with Crippen LogP contribution < -0.4 is 4.90 Å². The molecule has 2 amide bonds. The third-order valence-electron chi connectivity index (χ3n) is 5.74. The summed E-state index contributed by atoms with van der Waals surface area (Å²) < 4.78 is 18.9. The van der Waals surface area contributed by atoms with E-state index < -0.39 is 5.60 Å². The standard InChI is InChI=1S/C26H35FN4O3/c1-20-19-29(16-17-30(20)25(33)34-26(2,3)4)14-5-6-15-31(23-11-9-22(27)10-12-23)24(32)21-8-7-13-28-18-21/h7-13,18,20H,5-6,14-17,19H2,1-4H3. The third-order valence-corrected chi connectivity index (χ3v) is 5.74. The van der Waals surface area contributed by atoms with Gasteiger partial charge in [0.2, 0.25) is 0 Å². The van der Waals surface area contributed by atoms with Crippen LogP contribution in [0.1, 0.15) is 50.9 Å². The smallest absolute Gasteiger partial charge is 0.410 e. The number of ether oxygens (including phenoxy) is 1. The fourth-order valence-corrected chi connectivity index (χ4v) is 4.05. The highest BCUT2D eigenvalue weighted by Crippen LogP contribution is 2.20. The maximum absolute atomic E-state index is 13.4. The van der Waals surface area contributed by atoms with Crippen LogP contribution in [-0.4, -0.2) is 71.2 Å². The summed E-state index contributed by atoms with van der Waals surface area (Å²) in [5, 5.41) is 0. The Balaban J connectivity index is 1.52. The van der Waals surface area contributed by atoms with Crippen LogP contribution in [0.25, 0.3) is 0 Å². The van der Waals surface area contributed by atoms with Crippen molar-refractivity contribution in [2.24, 2.45) is 0 Å². The summed E-state index contributed by atoms with van der Waals surface area (Å²) in [6, 6.07) is 9.52. The van der Waals surface area contributed by atoms with E-state index in [0.717, 1.165) is 32.5 Å². The van der Waals surface area contributed by atoms with Crippen LogP contribution in [0.5, 0.6) is 0 Å². The van der Waals surface area contributed by atoms with Crippen LogP contribution in [0.2, 0.25) is 0 Å². The van der Waals surface area contributed by atoms with Gasteiger partial charge in [0.25, 0.3) is 5.91 Å². The van der Waals surface area contributed by atoms with Gasteiger partial charge in [-0.15, -0.1) is 0 Å². The molecule has 2 heterocycles. The van der Waals surface area contributed by atoms with Crippen LogP contribution in [0.15, 0.2) is 48.8 Å². The lowest BCUT2D eigenvalue weighted by molar-refractivity contribution is 0.00137. The highest BCUT2D eigenvalue weighted by molar-refractivity contribution is 6.05. The number of rotatable bonds is 7. The first-order chi connectivity index (χ1) is 16.1. The largest absolute Gasteiger partial charge is 0.444 e. The van der Waals surface area contributed by atoms with Gasteiger partial charge in [-0.1, -0.05) is 0 Å². The first-order valence-corrected chi connectivity index (χ1v) is 11.8. The van der Waals surface area contributed by atoms with Crippen molar-refractivity contribution in [3.8, 4) is 0 Å². The molecule has 34 heavy (non-hydrogen) atoms. The predicted molar refractivity (Wildman–Crippen MR) is 130 cm³/mol. The Morgan fingerprint density at radius 3 is 2.50 bits per heavy atom. The van der Waals surface area contributed by atoms with Crippen molar-refractivity contribution < 1.29 is 18.7 Å². The normalized spacial score (nSPS) is 16.9. The monoisotopic (exact) mass is 470 g/mol. The number of hydrogen-bond donors (Lipinski definition) is 0. The molecule has 1 aliphatic rings. The van der Waals surface area contributed by atoms with Crippen LogP contribution in [0.4, 0.5) is 14.9 Å². The predicted octanol–water partition coefficient (Wildman–Crippen LogP) is 4.59. The minimum Gasteiger partial charge on any atom is -0.444 e. The van der Waals surface area contributed by atoms with Crippen LogP contribution in [0.3, 0.4) is 0 Å². The molecule has 1 aromatic carbocycles. The zero-order valence-electron chi connectivity index (χ0n) is 20.5. The molecule has 0 aliphatic carbocycles. The highest BCUT2D eigenvalue weighted by Gasteiger charge is 2.30. The third kappa shape index (κ3) is 7.25. The summed E-state index contributed by atoms with van der Waals surface area (Å²) in [7, 11) is 0. The number of piperazine rings is 1. The number of unbranched alkanes of at least 4 members (excludes halogenated alkanes) is 1. The van der Waals surface area contributed by atoms with Crippen molar-refractivity contribution in [1.29, 1.82) is 0 Å². The number of pyridine rings is 1. The molecule has 0 N–H and O–H groups in total. The van der Waals surface area contributed by atoms with E-state index in [-0.39, 0.29) is 23.9 Å². The molecule has 7 nitrogen and oxygen atoms in total. The maximum atomic E-state index is 13.4. The van der Waals surface area contributed by atoms with E-state index in [9.17, 15) is 14.0 Å². The summed E-state index contributed by atoms with van der Waals surface area (Å²) in [4.78, 5) is 35.4. The van der Waals surface area contributed by atoms with Crippen molar-refractivity contribution in [2.75, 3.05) is 37.6 Å². The van der Waals surface area contributed by atoms with Gasteiger partial charge in [-0.2, -0.15) is 0 Å². The van der Waals surface area contributed by atoms with Crippen molar-refractivity contribution >= 4 is 17.7 Å². The molecule has 1 fully saturated rings. The zero-order chi connectivity index (χ0) is 24.7. The minimum atomic E-state index is -0.502. The fraction of sp³-hybridized carbons (Fsp3) is 0.500. The molecule has 1 aromatic heterocycles. The molecule has 3 rings (SSSR count). The molecule has 184 valence electrons. The summed E-state index contributed by atoms with van der Waals surface area (Å²) in [6.45, 7) is 11.3. The Kier molecular flexibility index (Phi) is 8.61. The molecular weight excluding hydrogens is 435 g/mol. The second kappa shape index (κ2) is 11.4. The van der Waals surface area contributed by atoms with E-state index in [4.69, 9.17) is 4.74 Å². The van der Waals surface area contributed by atoms with E-state index in [1.54, 1.807) is 46.5 Å². The molecule has 0 spiro atoms. The van der Waals surface area contributed by atoms with Gasteiger partial charge in [0.05, 0.1) is 5.56 Å². The maximum Gasteiger partial charge on any atom is 0.410 e. The molecule has 0 radical (unpaired) electrons. The second-order valence-corrected chi connectivity index (χ2v) is 9.71. The lowest BCUT2D eigenvalue weighted by Crippen LogP contribution is -2.55. The number of hydrogen-bond acceptors (Lipinski definition) is 5. The first kappa shape index (κ1) is 25.6. The number of anilines is 1. The molecular formula is C26H35FN4O3. The van der Waals surface area contributed by atoms with E-state index in [1.165, 1.54) is 12.1 Å².